The lowest BCUT2D eigenvalue weighted by Gasteiger charge is -2.24. The molecule has 0 fully saturated rings. The molecule has 0 aromatic carbocycles. The van der Waals surface area contributed by atoms with E-state index in [-0.39, 0.29) is 0 Å². The van der Waals surface area contributed by atoms with Gasteiger partial charge in [0, 0.05) is 19.1 Å². The summed E-state index contributed by atoms with van der Waals surface area (Å²) in [6.45, 7) is 14.4. The van der Waals surface area contributed by atoms with Crippen molar-refractivity contribution in [2.45, 2.75) is 97.0 Å². The van der Waals surface area contributed by atoms with Gasteiger partial charge in [-0.2, -0.15) is 0 Å². The summed E-state index contributed by atoms with van der Waals surface area (Å²) in [7, 11) is 0. The predicted octanol–water partition coefficient (Wildman–Crippen LogP) is 7.10. The molecule has 2 nitrogen and oxygen atoms in total. The fraction of sp³-hybridized carbons (Fsp3) is 0.826. The molecule has 0 aromatic rings. The SMILES string of the molecule is C=CCCCCCCCOC(C)C(CCCCCCC=C)COCC. The van der Waals surface area contributed by atoms with Crippen LogP contribution in [0.15, 0.2) is 25.3 Å². The average molecular weight is 353 g/mol. The molecule has 0 heterocycles. The van der Waals surface area contributed by atoms with E-state index in [1.54, 1.807) is 0 Å². The van der Waals surface area contributed by atoms with Crippen molar-refractivity contribution in [3.05, 3.63) is 25.3 Å². The van der Waals surface area contributed by atoms with Crippen molar-refractivity contribution in [3.63, 3.8) is 0 Å². The second-order valence-electron chi connectivity index (χ2n) is 7.12. The van der Waals surface area contributed by atoms with Crippen molar-refractivity contribution < 1.29 is 9.47 Å². The third-order valence-electron chi connectivity index (χ3n) is 4.87. The Hall–Kier alpha value is -0.600. The first kappa shape index (κ1) is 24.4. The van der Waals surface area contributed by atoms with Gasteiger partial charge in [0.15, 0.2) is 0 Å². The van der Waals surface area contributed by atoms with E-state index in [0.717, 1.165) is 32.7 Å². The van der Waals surface area contributed by atoms with Crippen molar-refractivity contribution in [1.29, 1.82) is 0 Å². The summed E-state index contributed by atoms with van der Waals surface area (Å²) in [6, 6.07) is 0. The summed E-state index contributed by atoms with van der Waals surface area (Å²) in [6.07, 6.45) is 19.4. The lowest BCUT2D eigenvalue weighted by molar-refractivity contribution is -0.0159. The molecule has 0 aliphatic carbocycles. The van der Waals surface area contributed by atoms with E-state index >= 15 is 0 Å². The highest BCUT2D eigenvalue weighted by molar-refractivity contribution is 4.69. The molecule has 0 saturated heterocycles. The summed E-state index contributed by atoms with van der Waals surface area (Å²) in [5, 5.41) is 0. The van der Waals surface area contributed by atoms with E-state index in [1.165, 1.54) is 64.2 Å². The van der Waals surface area contributed by atoms with Crippen LogP contribution in [-0.2, 0) is 9.47 Å². The van der Waals surface area contributed by atoms with Gasteiger partial charge in [0.1, 0.15) is 0 Å². The largest absolute Gasteiger partial charge is 0.381 e. The van der Waals surface area contributed by atoms with E-state index < -0.39 is 0 Å². The smallest absolute Gasteiger partial charge is 0.0597 e. The molecule has 2 unspecified atom stereocenters. The molecule has 0 aromatic heterocycles. The zero-order valence-electron chi connectivity index (χ0n) is 17.1. The topological polar surface area (TPSA) is 18.5 Å². The van der Waals surface area contributed by atoms with Crippen LogP contribution in [0, 0.1) is 5.92 Å². The Morgan fingerprint density at radius 2 is 1.36 bits per heavy atom. The third-order valence-corrected chi connectivity index (χ3v) is 4.87. The fourth-order valence-electron chi connectivity index (χ4n) is 3.10. The zero-order chi connectivity index (χ0) is 18.6. The van der Waals surface area contributed by atoms with Gasteiger partial charge in [0.05, 0.1) is 12.7 Å². The minimum atomic E-state index is 0.306. The van der Waals surface area contributed by atoms with Crippen LogP contribution in [0.4, 0.5) is 0 Å². The highest BCUT2D eigenvalue weighted by atomic mass is 16.5. The summed E-state index contributed by atoms with van der Waals surface area (Å²) >= 11 is 0. The number of rotatable bonds is 20. The van der Waals surface area contributed by atoms with Crippen molar-refractivity contribution in [2.75, 3.05) is 19.8 Å². The second kappa shape index (κ2) is 19.7. The molecule has 0 bridgehead atoms. The van der Waals surface area contributed by atoms with Crippen molar-refractivity contribution in [3.8, 4) is 0 Å². The number of allylic oxidation sites excluding steroid dienone is 2. The van der Waals surface area contributed by atoms with Crippen molar-refractivity contribution in [1.82, 2.24) is 0 Å². The number of ether oxygens (including phenoxy) is 2. The Morgan fingerprint density at radius 1 is 0.800 bits per heavy atom. The zero-order valence-corrected chi connectivity index (χ0v) is 17.1. The predicted molar refractivity (Wildman–Crippen MR) is 111 cm³/mol. The molecule has 25 heavy (non-hydrogen) atoms. The first-order valence-corrected chi connectivity index (χ1v) is 10.7. The van der Waals surface area contributed by atoms with Gasteiger partial charge >= 0.3 is 0 Å². The molecule has 0 rings (SSSR count). The Kier molecular flexibility index (Phi) is 19.2. The van der Waals surface area contributed by atoms with Gasteiger partial charge in [-0.3, -0.25) is 0 Å². The Balaban J connectivity index is 3.79. The number of hydrogen-bond donors (Lipinski definition) is 0. The highest BCUT2D eigenvalue weighted by Gasteiger charge is 2.17. The lowest BCUT2D eigenvalue weighted by atomic mass is 9.96. The standard InChI is InChI=1S/C23H44O2/c1-5-8-10-12-14-16-18-20-25-22(4)23(21-24-7-3)19-17-15-13-11-9-6-2/h5-6,22-23H,1-2,7-21H2,3-4H3. The van der Waals surface area contributed by atoms with Crippen LogP contribution in [0.2, 0.25) is 0 Å². The molecule has 0 radical (unpaired) electrons. The Bertz CT molecular complexity index is 288. The molecule has 2 atom stereocenters. The fourth-order valence-corrected chi connectivity index (χ4v) is 3.10. The lowest BCUT2D eigenvalue weighted by Crippen LogP contribution is -2.26. The molecule has 0 aliphatic rings. The molecule has 0 N–H and O–H groups in total. The first-order chi connectivity index (χ1) is 12.3. The van der Waals surface area contributed by atoms with Crippen LogP contribution < -0.4 is 0 Å². The van der Waals surface area contributed by atoms with E-state index in [0.29, 0.717) is 12.0 Å². The second-order valence-corrected chi connectivity index (χ2v) is 7.12. The molecule has 0 saturated carbocycles. The Morgan fingerprint density at radius 3 is 1.96 bits per heavy atom. The van der Waals surface area contributed by atoms with Crippen molar-refractivity contribution >= 4 is 0 Å². The molecule has 0 aliphatic heterocycles. The maximum atomic E-state index is 6.12. The van der Waals surface area contributed by atoms with Crippen LogP contribution in [0.25, 0.3) is 0 Å². The van der Waals surface area contributed by atoms with Gasteiger partial charge in [-0.15, -0.1) is 13.2 Å². The van der Waals surface area contributed by atoms with E-state index in [9.17, 15) is 0 Å². The van der Waals surface area contributed by atoms with Gasteiger partial charge in [-0.25, -0.2) is 0 Å². The maximum Gasteiger partial charge on any atom is 0.0597 e. The van der Waals surface area contributed by atoms with E-state index in [2.05, 4.69) is 27.0 Å². The summed E-state index contributed by atoms with van der Waals surface area (Å²) in [5.74, 6) is 0.534. The average Bonchev–Trinajstić information content (AvgIpc) is 2.62. The summed E-state index contributed by atoms with van der Waals surface area (Å²) in [5.41, 5.74) is 0. The third kappa shape index (κ3) is 16.6. The minimum Gasteiger partial charge on any atom is -0.381 e. The minimum absolute atomic E-state index is 0.306. The van der Waals surface area contributed by atoms with Gasteiger partial charge in [0.25, 0.3) is 0 Å². The van der Waals surface area contributed by atoms with Crippen molar-refractivity contribution in [2.24, 2.45) is 5.92 Å². The van der Waals surface area contributed by atoms with Gasteiger partial charge in [0.2, 0.25) is 0 Å². The normalized spacial score (nSPS) is 13.5. The van der Waals surface area contributed by atoms with Crippen LogP contribution in [0.1, 0.15) is 90.9 Å². The van der Waals surface area contributed by atoms with Crippen LogP contribution >= 0.6 is 0 Å². The van der Waals surface area contributed by atoms with Gasteiger partial charge in [-0.1, -0.05) is 50.7 Å². The van der Waals surface area contributed by atoms with E-state index in [4.69, 9.17) is 9.47 Å². The molecule has 0 amide bonds. The molecular weight excluding hydrogens is 308 g/mol. The quantitative estimate of drug-likeness (QED) is 0.172. The molecular formula is C23H44O2. The van der Waals surface area contributed by atoms with Crippen LogP contribution in [0.5, 0.6) is 0 Å². The van der Waals surface area contributed by atoms with E-state index in [1.807, 2.05) is 12.2 Å². The number of hydrogen-bond acceptors (Lipinski definition) is 2. The number of unbranched alkanes of at least 4 members (excludes halogenated alkanes) is 9. The molecule has 0 spiro atoms. The summed E-state index contributed by atoms with van der Waals surface area (Å²) in [4.78, 5) is 0. The van der Waals surface area contributed by atoms with Gasteiger partial charge < -0.3 is 9.47 Å². The first-order valence-electron chi connectivity index (χ1n) is 10.7. The Labute approximate surface area is 158 Å². The maximum absolute atomic E-state index is 6.12. The van der Waals surface area contributed by atoms with Crippen LogP contribution in [0.3, 0.4) is 0 Å². The van der Waals surface area contributed by atoms with Gasteiger partial charge in [-0.05, 0) is 52.4 Å². The monoisotopic (exact) mass is 352 g/mol. The molecule has 148 valence electrons. The highest BCUT2D eigenvalue weighted by Crippen LogP contribution is 2.19. The van der Waals surface area contributed by atoms with Crippen LogP contribution in [-0.4, -0.2) is 25.9 Å². The summed E-state index contributed by atoms with van der Waals surface area (Å²) < 4.78 is 11.8. The molecule has 2 heteroatoms.